The number of amides is 2. The van der Waals surface area contributed by atoms with Crippen LogP contribution in [0.1, 0.15) is 11.3 Å². The Morgan fingerprint density at radius 3 is 2.67 bits per heavy atom. The lowest BCUT2D eigenvalue weighted by Crippen LogP contribution is -2.33. The number of aromatic nitrogens is 1. The molecule has 2 aromatic carbocycles. The van der Waals surface area contributed by atoms with Gasteiger partial charge in [-0.15, -0.1) is 0 Å². The van der Waals surface area contributed by atoms with Crippen LogP contribution in [0.5, 0.6) is 0 Å². The highest BCUT2D eigenvalue weighted by Gasteiger charge is 2.20. The molecule has 0 spiro atoms. The Balaban J connectivity index is 1.81. The number of hydrogen-bond donors (Lipinski definition) is 2. The Morgan fingerprint density at radius 1 is 1.12 bits per heavy atom. The zero-order valence-electron chi connectivity index (χ0n) is 12.9. The first-order valence-electron chi connectivity index (χ1n) is 7.52. The number of carbonyl (C=O) groups excluding carboxylic acids is 1. The van der Waals surface area contributed by atoms with Crippen molar-refractivity contribution in [2.24, 2.45) is 0 Å². The minimum atomic E-state index is -0.295. The minimum absolute atomic E-state index is 0.205. The second-order valence-corrected chi connectivity index (χ2v) is 5.65. The Bertz CT molecular complexity index is 932. The minimum Gasteiger partial charge on any atom is -0.360 e. The van der Waals surface area contributed by atoms with Crippen LogP contribution in [0.25, 0.3) is 22.4 Å². The maximum atomic E-state index is 13.2. The number of urea groups is 1. The summed E-state index contributed by atoms with van der Waals surface area (Å²) in [6, 6.07) is 11.7. The lowest BCUT2D eigenvalue weighted by atomic mass is 9.97. The standard InChI is InChI=1S/C18H14FN3O2/c1-10-16(17(22-24-10)11-2-5-14(19)6-3-11)12-4-7-15-13(8-12)9-20-18(23)21-15/h2-8H,9H2,1H3,(H2,20,21,23). The molecule has 5 nitrogen and oxygen atoms in total. The summed E-state index contributed by atoms with van der Waals surface area (Å²) in [5.41, 5.74) is 5.02. The number of rotatable bonds is 2. The maximum Gasteiger partial charge on any atom is 0.319 e. The van der Waals surface area contributed by atoms with Crippen LogP contribution in [0, 0.1) is 12.7 Å². The zero-order valence-corrected chi connectivity index (χ0v) is 12.9. The van der Waals surface area contributed by atoms with Crippen LogP contribution in [-0.2, 0) is 6.54 Å². The average Bonchev–Trinajstić information content (AvgIpc) is 2.97. The molecule has 0 saturated heterocycles. The number of nitrogens with zero attached hydrogens (tertiary/aromatic N) is 1. The molecule has 0 aliphatic carbocycles. The van der Waals surface area contributed by atoms with E-state index in [9.17, 15) is 9.18 Å². The molecule has 6 heteroatoms. The quantitative estimate of drug-likeness (QED) is 0.746. The Labute approximate surface area is 137 Å². The Kier molecular flexibility index (Phi) is 3.30. The summed E-state index contributed by atoms with van der Waals surface area (Å²) in [7, 11) is 0. The average molecular weight is 323 g/mol. The molecule has 2 N–H and O–H groups in total. The summed E-state index contributed by atoms with van der Waals surface area (Å²) in [5.74, 6) is 0.387. The maximum absolute atomic E-state index is 13.2. The molecule has 1 aliphatic heterocycles. The fourth-order valence-corrected chi connectivity index (χ4v) is 2.88. The summed E-state index contributed by atoms with van der Waals surface area (Å²) in [4.78, 5) is 11.4. The van der Waals surface area contributed by atoms with E-state index in [0.29, 0.717) is 18.0 Å². The number of hydrogen-bond acceptors (Lipinski definition) is 3. The first-order chi connectivity index (χ1) is 11.6. The highest BCUT2D eigenvalue weighted by atomic mass is 19.1. The molecule has 1 aromatic heterocycles. The summed E-state index contributed by atoms with van der Waals surface area (Å²) >= 11 is 0. The molecule has 24 heavy (non-hydrogen) atoms. The van der Waals surface area contributed by atoms with E-state index in [-0.39, 0.29) is 11.8 Å². The van der Waals surface area contributed by atoms with Crippen LogP contribution >= 0.6 is 0 Å². The number of aryl methyl sites for hydroxylation is 1. The summed E-state index contributed by atoms with van der Waals surface area (Å²) in [5, 5.41) is 9.65. The van der Waals surface area contributed by atoms with Gasteiger partial charge < -0.3 is 15.2 Å². The van der Waals surface area contributed by atoms with Crippen molar-refractivity contribution in [2.45, 2.75) is 13.5 Å². The van der Waals surface area contributed by atoms with Gasteiger partial charge in [-0.25, -0.2) is 9.18 Å². The van der Waals surface area contributed by atoms with E-state index in [1.54, 1.807) is 12.1 Å². The van der Waals surface area contributed by atoms with E-state index in [2.05, 4.69) is 15.8 Å². The zero-order chi connectivity index (χ0) is 16.7. The second-order valence-electron chi connectivity index (χ2n) is 5.65. The first kappa shape index (κ1) is 14.4. The van der Waals surface area contributed by atoms with Crippen LogP contribution < -0.4 is 10.6 Å². The molecule has 2 amide bonds. The highest BCUT2D eigenvalue weighted by molar-refractivity contribution is 5.93. The lowest BCUT2D eigenvalue weighted by Gasteiger charge is -2.19. The number of fused-ring (bicyclic) bond motifs is 1. The van der Waals surface area contributed by atoms with Crippen molar-refractivity contribution in [3.05, 3.63) is 59.6 Å². The SMILES string of the molecule is Cc1onc(-c2ccc(F)cc2)c1-c1ccc2c(c1)CNC(=O)N2. The van der Waals surface area contributed by atoms with Gasteiger partial charge in [0.25, 0.3) is 0 Å². The predicted octanol–water partition coefficient (Wildman–Crippen LogP) is 4.09. The fourth-order valence-electron chi connectivity index (χ4n) is 2.88. The number of carbonyl (C=O) groups is 1. The van der Waals surface area contributed by atoms with Gasteiger partial charge in [0.1, 0.15) is 17.3 Å². The third-order valence-electron chi connectivity index (χ3n) is 4.06. The van der Waals surface area contributed by atoms with E-state index in [1.165, 1.54) is 12.1 Å². The lowest BCUT2D eigenvalue weighted by molar-refractivity contribution is 0.251. The van der Waals surface area contributed by atoms with E-state index in [1.807, 2.05) is 25.1 Å². The first-order valence-corrected chi connectivity index (χ1v) is 7.52. The van der Waals surface area contributed by atoms with Crippen LogP contribution in [0.2, 0.25) is 0 Å². The highest BCUT2D eigenvalue weighted by Crippen LogP contribution is 2.36. The van der Waals surface area contributed by atoms with E-state index in [4.69, 9.17) is 4.52 Å². The molecular formula is C18H14FN3O2. The van der Waals surface area contributed by atoms with Gasteiger partial charge in [0.15, 0.2) is 0 Å². The Morgan fingerprint density at radius 2 is 1.88 bits per heavy atom. The molecule has 4 rings (SSSR count). The van der Waals surface area contributed by atoms with Crippen molar-refractivity contribution in [3.63, 3.8) is 0 Å². The summed E-state index contributed by atoms with van der Waals surface area (Å²) < 4.78 is 18.5. The van der Waals surface area contributed by atoms with Crippen molar-refractivity contribution in [3.8, 4) is 22.4 Å². The largest absolute Gasteiger partial charge is 0.360 e. The molecule has 0 radical (unpaired) electrons. The predicted molar refractivity (Wildman–Crippen MR) is 87.9 cm³/mol. The van der Waals surface area contributed by atoms with Crippen LogP contribution in [-0.4, -0.2) is 11.2 Å². The molecular weight excluding hydrogens is 309 g/mol. The van der Waals surface area contributed by atoms with Crippen LogP contribution in [0.4, 0.5) is 14.9 Å². The van der Waals surface area contributed by atoms with E-state index >= 15 is 0 Å². The normalized spacial score (nSPS) is 13.2. The number of halogens is 1. The van der Waals surface area contributed by atoms with Crippen LogP contribution in [0.15, 0.2) is 47.0 Å². The molecule has 1 aliphatic rings. The van der Waals surface area contributed by atoms with Gasteiger partial charge >= 0.3 is 6.03 Å². The fraction of sp³-hybridized carbons (Fsp3) is 0.111. The third kappa shape index (κ3) is 2.42. The van der Waals surface area contributed by atoms with Crippen molar-refractivity contribution in [1.29, 1.82) is 0 Å². The van der Waals surface area contributed by atoms with E-state index in [0.717, 1.165) is 27.9 Å². The monoisotopic (exact) mass is 323 g/mol. The molecule has 0 unspecified atom stereocenters. The molecule has 2 heterocycles. The molecule has 3 aromatic rings. The summed E-state index contributed by atoms with van der Waals surface area (Å²) in [6.45, 7) is 2.31. The molecule has 0 bridgehead atoms. The van der Waals surface area contributed by atoms with Gasteiger partial charge in [-0.3, -0.25) is 0 Å². The summed E-state index contributed by atoms with van der Waals surface area (Å²) in [6.07, 6.45) is 0. The molecule has 0 saturated carbocycles. The Hall–Kier alpha value is -3.15. The van der Waals surface area contributed by atoms with Crippen molar-refractivity contribution in [1.82, 2.24) is 10.5 Å². The number of nitrogens with one attached hydrogen (secondary N) is 2. The van der Waals surface area contributed by atoms with Gasteiger partial charge in [0.2, 0.25) is 0 Å². The van der Waals surface area contributed by atoms with Gasteiger partial charge in [-0.05, 0) is 54.4 Å². The smallest absolute Gasteiger partial charge is 0.319 e. The van der Waals surface area contributed by atoms with Crippen molar-refractivity contribution < 1.29 is 13.7 Å². The van der Waals surface area contributed by atoms with Crippen molar-refractivity contribution in [2.75, 3.05) is 5.32 Å². The van der Waals surface area contributed by atoms with Crippen molar-refractivity contribution >= 4 is 11.7 Å². The molecule has 120 valence electrons. The molecule has 0 atom stereocenters. The topological polar surface area (TPSA) is 67.2 Å². The number of anilines is 1. The third-order valence-corrected chi connectivity index (χ3v) is 4.06. The number of benzene rings is 2. The van der Waals surface area contributed by atoms with Gasteiger partial charge in [0.05, 0.1) is 5.56 Å². The van der Waals surface area contributed by atoms with Gasteiger partial charge in [0, 0.05) is 17.8 Å². The van der Waals surface area contributed by atoms with E-state index < -0.39 is 0 Å². The van der Waals surface area contributed by atoms with Gasteiger partial charge in [-0.1, -0.05) is 11.2 Å². The molecule has 0 fully saturated rings. The van der Waals surface area contributed by atoms with Crippen LogP contribution in [0.3, 0.4) is 0 Å². The second kappa shape index (κ2) is 5.49. The van der Waals surface area contributed by atoms with Gasteiger partial charge in [-0.2, -0.15) is 0 Å².